The van der Waals surface area contributed by atoms with Gasteiger partial charge in [-0.1, -0.05) is 31.4 Å². The number of esters is 1. The van der Waals surface area contributed by atoms with Crippen molar-refractivity contribution in [2.24, 2.45) is 0 Å². The van der Waals surface area contributed by atoms with E-state index in [0.29, 0.717) is 50.1 Å². The third-order valence-corrected chi connectivity index (χ3v) is 8.32. The van der Waals surface area contributed by atoms with Crippen LogP contribution in [0, 0.1) is 0 Å². The van der Waals surface area contributed by atoms with E-state index in [2.05, 4.69) is 13.2 Å². The van der Waals surface area contributed by atoms with Crippen LogP contribution in [0.5, 0.6) is 17.2 Å². The first-order valence-electron chi connectivity index (χ1n) is 15.5. The molecule has 3 heterocycles. The molecule has 15 nitrogen and oxygen atoms in total. The monoisotopic (exact) mass is 694 g/mol. The molecule has 15 heteroatoms. The number of carbonyl (C=O) groups excluding carboxylic acids is 3. The second-order valence-corrected chi connectivity index (χ2v) is 11.4. The van der Waals surface area contributed by atoms with Gasteiger partial charge in [-0.05, 0) is 53.3 Å². The highest BCUT2D eigenvalue weighted by Crippen LogP contribution is 2.48. The molecule has 0 amide bonds. The summed E-state index contributed by atoms with van der Waals surface area (Å²) in [5.41, 5.74) is 2.18. The Hall–Kier alpha value is -5.35. The summed E-state index contributed by atoms with van der Waals surface area (Å²) in [5.74, 6) is 0.359. The van der Waals surface area contributed by atoms with Gasteiger partial charge in [0.1, 0.15) is 31.7 Å². The Morgan fingerprint density at radius 1 is 0.880 bits per heavy atom. The topological polar surface area (TPSA) is 195 Å². The van der Waals surface area contributed by atoms with Crippen LogP contribution in [0.3, 0.4) is 0 Å². The van der Waals surface area contributed by atoms with Gasteiger partial charge in [-0.3, -0.25) is 0 Å². The predicted octanol–water partition coefficient (Wildman–Crippen LogP) is 3.79. The highest BCUT2D eigenvalue weighted by Gasteiger charge is 2.50. The van der Waals surface area contributed by atoms with E-state index in [1.807, 2.05) is 0 Å². The Morgan fingerprint density at radius 2 is 1.52 bits per heavy atom. The molecule has 6 rings (SSSR count). The number of aliphatic hydroxyl groups excluding tert-OH is 3. The first-order chi connectivity index (χ1) is 24.2. The van der Waals surface area contributed by atoms with Crippen LogP contribution in [0.4, 0.5) is 9.59 Å². The molecule has 0 saturated carbocycles. The molecule has 1 fully saturated rings. The molecule has 1 unspecified atom stereocenters. The number of rotatable bonds is 11. The largest absolute Gasteiger partial charge is 0.509 e. The second kappa shape index (κ2) is 14.6. The van der Waals surface area contributed by atoms with Crippen molar-refractivity contribution in [3.05, 3.63) is 77.9 Å². The van der Waals surface area contributed by atoms with Gasteiger partial charge in [0, 0.05) is 16.5 Å². The predicted molar refractivity (Wildman–Crippen MR) is 170 cm³/mol. The molecule has 0 aliphatic carbocycles. The van der Waals surface area contributed by atoms with Gasteiger partial charge >= 0.3 is 18.3 Å². The number of hydrogen-bond donors (Lipinski definition) is 3. The van der Waals surface area contributed by atoms with Gasteiger partial charge in [0.2, 0.25) is 13.1 Å². The van der Waals surface area contributed by atoms with Crippen LogP contribution in [-0.2, 0) is 48.2 Å². The quantitative estimate of drug-likeness (QED) is 0.149. The SMILES string of the molecule is C=CCOC(=O)O[C@H]1[C@H](O)[C@@H](OC(=O)OCC=C)C(Oc2c3c(c(-c4ccc5c(c4)OCO5)c4cc(CO)c(CO)cc24)C(=O)OC3)O[C@@H]1C. The molecular formula is C35H34O15. The second-order valence-electron chi connectivity index (χ2n) is 11.4. The number of fused-ring (bicyclic) bond motifs is 3. The van der Waals surface area contributed by atoms with Gasteiger partial charge in [0.25, 0.3) is 0 Å². The lowest BCUT2D eigenvalue weighted by molar-refractivity contribution is -0.271. The molecule has 1 saturated heterocycles. The zero-order chi connectivity index (χ0) is 35.5. The van der Waals surface area contributed by atoms with Gasteiger partial charge in [-0.2, -0.15) is 0 Å². The van der Waals surface area contributed by atoms with E-state index in [-0.39, 0.29) is 37.9 Å². The molecule has 3 aliphatic heterocycles. The average molecular weight is 695 g/mol. The Bertz CT molecular complexity index is 1830. The third-order valence-electron chi connectivity index (χ3n) is 8.32. The van der Waals surface area contributed by atoms with Gasteiger partial charge in [0.15, 0.2) is 23.7 Å². The standard InChI is InChI=1S/C35H34O15/c1-4-8-42-34(40)49-29-17(3)47-33(31(28(29)38)50-35(41)43-9-5-2)48-30-22-11-20(14-37)19(13-36)10-21(22)26(27-23(30)15-44-32(27)39)18-6-7-24-25(12-18)46-16-45-24/h4-7,10-12,17,28-29,31,33,36-38H,1-2,8-9,13-16H2,3H3/t17-,28+,29-,31-,33?/m1/s1. The van der Waals surface area contributed by atoms with E-state index >= 15 is 0 Å². The average Bonchev–Trinajstić information content (AvgIpc) is 3.75. The number of benzene rings is 3. The van der Waals surface area contributed by atoms with Gasteiger partial charge in [-0.25, -0.2) is 14.4 Å². The fourth-order valence-corrected chi connectivity index (χ4v) is 6.04. The molecule has 0 spiro atoms. The molecule has 3 aromatic rings. The van der Waals surface area contributed by atoms with Gasteiger partial charge in [0.05, 0.1) is 24.9 Å². The minimum Gasteiger partial charge on any atom is -0.460 e. The lowest BCUT2D eigenvalue weighted by atomic mass is 9.87. The summed E-state index contributed by atoms with van der Waals surface area (Å²) in [4.78, 5) is 38.4. The normalized spacial score (nSPS) is 21.9. The fourth-order valence-electron chi connectivity index (χ4n) is 6.04. The summed E-state index contributed by atoms with van der Waals surface area (Å²) in [6, 6.07) is 8.37. The Labute approximate surface area is 285 Å². The molecule has 3 aromatic carbocycles. The van der Waals surface area contributed by atoms with Crippen LogP contribution in [0.25, 0.3) is 21.9 Å². The maximum atomic E-state index is 13.4. The van der Waals surface area contributed by atoms with E-state index in [9.17, 15) is 29.7 Å². The summed E-state index contributed by atoms with van der Waals surface area (Å²) in [6.07, 6.45) is -7.11. The molecule has 264 valence electrons. The summed E-state index contributed by atoms with van der Waals surface area (Å²) in [7, 11) is 0. The highest BCUT2D eigenvalue weighted by molar-refractivity contribution is 6.13. The van der Waals surface area contributed by atoms with Gasteiger partial charge < -0.3 is 58.0 Å². The van der Waals surface area contributed by atoms with Crippen molar-refractivity contribution in [1.82, 2.24) is 0 Å². The number of cyclic esters (lactones) is 1. The van der Waals surface area contributed by atoms with Crippen molar-refractivity contribution in [1.29, 1.82) is 0 Å². The van der Waals surface area contributed by atoms with Crippen LogP contribution < -0.4 is 14.2 Å². The first kappa shape index (κ1) is 34.5. The van der Waals surface area contributed by atoms with E-state index in [4.69, 9.17) is 42.6 Å². The lowest BCUT2D eigenvalue weighted by Gasteiger charge is -2.41. The molecule has 0 radical (unpaired) electrons. The summed E-state index contributed by atoms with van der Waals surface area (Å²) in [5, 5.41) is 32.7. The zero-order valence-corrected chi connectivity index (χ0v) is 26.8. The van der Waals surface area contributed by atoms with E-state index < -0.39 is 62.2 Å². The Balaban J connectivity index is 1.48. The number of carbonyl (C=O) groups is 3. The molecule has 3 aliphatic rings. The zero-order valence-electron chi connectivity index (χ0n) is 26.8. The van der Waals surface area contributed by atoms with Crippen LogP contribution >= 0.6 is 0 Å². The minimum absolute atomic E-state index is 0.0267. The molecule has 0 aromatic heterocycles. The lowest BCUT2D eigenvalue weighted by Crippen LogP contribution is -2.61. The van der Waals surface area contributed by atoms with Crippen molar-refractivity contribution in [2.45, 2.75) is 57.5 Å². The Kier molecular flexibility index (Phi) is 10.1. The van der Waals surface area contributed by atoms with Crippen molar-refractivity contribution >= 4 is 29.1 Å². The molecule has 50 heavy (non-hydrogen) atoms. The minimum atomic E-state index is -1.73. The maximum Gasteiger partial charge on any atom is 0.509 e. The van der Waals surface area contributed by atoms with Crippen molar-refractivity contribution < 1.29 is 72.3 Å². The van der Waals surface area contributed by atoms with E-state index in [1.165, 1.54) is 19.1 Å². The number of ether oxygens (including phenoxy) is 9. The van der Waals surface area contributed by atoms with Crippen molar-refractivity contribution in [3.8, 4) is 28.4 Å². The number of hydrogen-bond acceptors (Lipinski definition) is 15. The van der Waals surface area contributed by atoms with Crippen LogP contribution in [0.1, 0.15) is 34.0 Å². The van der Waals surface area contributed by atoms with E-state index in [1.54, 1.807) is 30.3 Å². The molecule has 0 bridgehead atoms. The summed E-state index contributed by atoms with van der Waals surface area (Å²) >= 11 is 0. The third kappa shape index (κ3) is 6.50. The van der Waals surface area contributed by atoms with Gasteiger partial charge in [-0.15, -0.1) is 0 Å². The number of aliphatic hydroxyl groups is 3. The highest BCUT2D eigenvalue weighted by atomic mass is 16.8. The van der Waals surface area contributed by atoms with Crippen LogP contribution in [-0.4, -0.2) is 84.3 Å². The van der Waals surface area contributed by atoms with Crippen molar-refractivity contribution in [3.63, 3.8) is 0 Å². The maximum absolute atomic E-state index is 13.4. The first-order valence-corrected chi connectivity index (χ1v) is 15.5. The van der Waals surface area contributed by atoms with Crippen molar-refractivity contribution in [2.75, 3.05) is 20.0 Å². The fraction of sp³-hybridized carbons (Fsp3) is 0.343. The van der Waals surface area contributed by atoms with Crippen LogP contribution in [0.2, 0.25) is 0 Å². The summed E-state index contributed by atoms with van der Waals surface area (Å²) in [6.45, 7) is 6.99. The molecule has 5 atom stereocenters. The smallest absolute Gasteiger partial charge is 0.460 e. The Morgan fingerprint density at radius 3 is 2.18 bits per heavy atom. The molecular weight excluding hydrogens is 660 g/mol. The van der Waals surface area contributed by atoms with E-state index in [0.717, 1.165) is 0 Å². The van der Waals surface area contributed by atoms with Crippen LogP contribution in [0.15, 0.2) is 55.6 Å². The molecule has 3 N–H and O–H groups in total. The summed E-state index contributed by atoms with van der Waals surface area (Å²) < 4.78 is 49.7.